The second-order valence-corrected chi connectivity index (χ2v) is 8.54. The molecule has 0 bridgehead atoms. The Morgan fingerprint density at radius 3 is 2.52 bits per heavy atom. The third-order valence-corrected chi connectivity index (χ3v) is 5.95. The van der Waals surface area contributed by atoms with Crippen LogP contribution in [-0.2, 0) is 19.4 Å². The van der Waals surface area contributed by atoms with E-state index < -0.39 is 9.84 Å². The van der Waals surface area contributed by atoms with E-state index in [1.165, 1.54) is 18.9 Å². The monoisotopic (exact) mass is 358 g/mol. The van der Waals surface area contributed by atoms with Crippen LogP contribution in [0.2, 0.25) is 5.02 Å². The van der Waals surface area contributed by atoms with E-state index in [0.717, 1.165) is 31.1 Å². The zero-order valence-electron chi connectivity index (χ0n) is 13.5. The minimum atomic E-state index is -3.38. The number of hydrogen-bond acceptors (Lipinski definition) is 4. The van der Waals surface area contributed by atoms with Crippen LogP contribution >= 0.6 is 11.6 Å². The summed E-state index contributed by atoms with van der Waals surface area (Å²) in [5, 5.41) is 0.158. The molecule has 1 unspecified atom stereocenters. The molecule has 0 aromatic heterocycles. The molecule has 1 fully saturated rings. The Bertz CT molecular complexity index is 663. The minimum Gasteiger partial charge on any atom is -0.466 e. The number of carbonyl (C=O) groups is 1. The van der Waals surface area contributed by atoms with Crippen molar-refractivity contribution in [2.45, 2.75) is 49.8 Å². The molecular formula is C17H23ClO4S. The van der Waals surface area contributed by atoms with Crippen LogP contribution in [0.5, 0.6) is 0 Å². The van der Waals surface area contributed by atoms with Gasteiger partial charge in [0.15, 0.2) is 9.84 Å². The Morgan fingerprint density at radius 2 is 2.00 bits per heavy atom. The topological polar surface area (TPSA) is 60.4 Å². The summed E-state index contributed by atoms with van der Waals surface area (Å²) in [6.07, 6.45) is 6.51. The van der Waals surface area contributed by atoms with E-state index in [0.29, 0.717) is 12.5 Å². The lowest BCUT2D eigenvalue weighted by Crippen LogP contribution is -2.19. The zero-order chi connectivity index (χ0) is 17.0. The predicted molar refractivity (Wildman–Crippen MR) is 90.5 cm³/mol. The fourth-order valence-corrected chi connectivity index (χ4v) is 4.56. The Kier molecular flexibility index (Phi) is 6.09. The molecule has 0 radical (unpaired) electrons. The van der Waals surface area contributed by atoms with E-state index in [-0.39, 0.29) is 21.8 Å². The lowest BCUT2D eigenvalue weighted by atomic mass is 9.88. The van der Waals surface area contributed by atoms with Crippen molar-refractivity contribution in [3.05, 3.63) is 28.8 Å². The first-order chi connectivity index (χ1) is 10.8. The van der Waals surface area contributed by atoms with Gasteiger partial charge < -0.3 is 4.74 Å². The predicted octanol–water partition coefficient (Wildman–Crippen LogP) is 3.97. The van der Waals surface area contributed by atoms with Gasteiger partial charge in [-0.25, -0.2) is 8.42 Å². The highest BCUT2D eigenvalue weighted by Crippen LogP contribution is 2.36. The quantitative estimate of drug-likeness (QED) is 0.722. The van der Waals surface area contributed by atoms with Crippen molar-refractivity contribution in [2.75, 3.05) is 12.9 Å². The lowest BCUT2D eigenvalue weighted by molar-refractivity contribution is -0.145. The van der Waals surface area contributed by atoms with Crippen molar-refractivity contribution in [3.63, 3.8) is 0 Å². The van der Waals surface area contributed by atoms with E-state index in [9.17, 15) is 13.2 Å². The minimum absolute atomic E-state index is 0.0893. The smallest absolute Gasteiger partial charge is 0.313 e. The van der Waals surface area contributed by atoms with Crippen LogP contribution in [0.15, 0.2) is 23.1 Å². The van der Waals surface area contributed by atoms with Crippen molar-refractivity contribution in [2.24, 2.45) is 5.92 Å². The molecule has 1 aliphatic rings. The number of halogens is 1. The standard InChI is InChI=1S/C17H23ClO4S/c1-3-22-17(19)14(10-12-6-4-5-7-12)13-8-9-16(15(18)11-13)23(2,20)21/h8-9,11-12,14H,3-7,10H2,1-2H3. The molecule has 1 aromatic carbocycles. The van der Waals surface area contributed by atoms with Crippen LogP contribution in [-0.4, -0.2) is 27.2 Å². The fraction of sp³-hybridized carbons (Fsp3) is 0.588. The van der Waals surface area contributed by atoms with Crippen LogP contribution in [0.4, 0.5) is 0 Å². The molecule has 0 saturated heterocycles. The number of hydrogen-bond donors (Lipinski definition) is 0. The van der Waals surface area contributed by atoms with Gasteiger partial charge in [-0.3, -0.25) is 4.79 Å². The molecule has 0 aliphatic heterocycles. The Balaban J connectivity index is 2.30. The number of esters is 1. The third-order valence-electron chi connectivity index (χ3n) is 4.37. The van der Waals surface area contributed by atoms with Crippen molar-refractivity contribution >= 4 is 27.4 Å². The molecule has 0 amide bonds. The maximum Gasteiger partial charge on any atom is 0.313 e. The highest BCUT2D eigenvalue weighted by Gasteiger charge is 2.28. The summed E-state index contributed by atoms with van der Waals surface area (Å²) in [6.45, 7) is 2.11. The van der Waals surface area contributed by atoms with E-state index in [4.69, 9.17) is 16.3 Å². The number of carbonyl (C=O) groups excluding carboxylic acids is 1. The van der Waals surface area contributed by atoms with E-state index in [2.05, 4.69) is 0 Å². The van der Waals surface area contributed by atoms with Gasteiger partial charge in [-0.2, -0.15) is 0 Å². The summed E-state index contributed by atoms with van der Waals surface area (Å²) < 4.78 is 28.6. The van der Waals surface area contributed by atoms with Crippen LogP contribution in [0.25, 0.3) is 0 Å². The van der Waals surface area contributed by atoms with Gasteiger partial charge in [-0.1, -0.05) is 43.4 Å². The highest BCUT2D eigenvalue weighted by atomic mass is 35.5. The average Bonchev–Trinajstić information content (AvgIpc) is 2.96. The molecule has 1 saturated carbocycles. The van der Waals surface area contributed by atoms with Crippen LogP contribution in [0.1, 0.15) is 50.5 Å². The molecule has 128 valence electrons. The lowest BCUT2D eigenvalue weighted by Gasteiger charge is -2.20. The SMILES string of the molecule is CCOC(=O)C(CC1CCCC1)c1ccc(S(C)(=O)=O)c(Cl)c1. The highest BCUT2D eigenvalue weighted by molar-refractivity contribution is 7.90. The summed E-state index contributed by atoms with van der Waals surface area (Å²) in [6, 6.07) is 4.75. The van der Waals surface area contributed by atoms with Gasteiger partial charge in [0.2, 0.25) is 0 Å². The van der Waals surface area contributed by atoms with Crippen molar-refractivity contribution in [1.29, 1.82) is 0 Å². The maximum atomic E-state index is 12.3. The zero-order valence-corrected chi connectivity index (χ0v) is 15.1. The number of sulfone groups is 1. The summed E-state index contributed by atoms with van der Waals surface area (Å²) in [5.41, 5.74) is 0.729. The third kappa shape index (κ3) is 4.70. The molecule has 6 heteroatoms. The molecule has 0 N–H and O–H groups in total. The van der Waals surface area contributed by atoms with Crippen molar-refractivity contribution < 1.29 is 17.9 Å². The van der Waals surface area contributed by atoms with Gasteiger partial charge in [0.25, 0.3) is 0 Å². The Hall–Kier alpha value is -1.07. The molecule has 0 heterocycles. The van der Waals surface area contributed by atoms with E-state index in [1.807, 2.05) is 0 Å². The maximum absolute atomic E-state index is 12.3. The van der Waals surface area contributed by atoms with E-state index in [1.54, 1.807) is 19.1 Å². The largest absolute Gasteiger partial charge is 0.466 e. The summed E-state index contributed by atoms with van der Waals surface area (Å²) in [4.78, 5) is 12.4. The first-order valence-electron chi connectivity index (χ1n) is 7.99. The van der Waals surface area contributed by atoms with Gasteiger partial charge in [0.1, 0.15) is 0 Å². The first-order valence-corrected chi connectivity index (χ1v) is 10.3. The number of benzene rings is 1. The molecule has 23 heavy (non-hydrogen) atoms. The van der Waals surface area contributed by atoms with Crippen LogP contribution < -0.4 is 0 Å². The molecule has 2 rings (SSSR count). The fourth-order valence-electron chi connectivity index (χ4n) is 3.23. The molecule has 1 atom stereocenters. The number of rotatable bonds is 6. The van der Waals surface area contributed by atoms with Crippen LogP contribution in [0.3, 0.4) is 0 Å². The second-order valence-electron chi connectivity index (χ2n) is 6.15. The number of ether oxygens (including phenoxy) is 1. The average molecular weight is 359 g/mol. The van der Waals surface area contributed by atoms with Gasteiger partial charge in [-0.05, 0) is 37.0 Å². The normalized spacial score (nSPS) is 17.2. The summed E-state index contributed by atoms with van der Waals surface area (Å²) >= 11 is 6.13. The van der Waals surface area contributed by atoms with Gasteiger partial charge >= 0.3 is 5.97 Å². The summed E-state index contributed by atoms with van der Waals surface area (Å²) in [5.74, 6) is -0.135. The van der Waals surface area contributed by atoms with E-state index >= 15 is 0 Å². The molecule has 1 aliphatic carbocycles. The van der Waals surface area contributed by atoms with Gasteiger partial charge in [-0.15, -0.1) is 0 Å². The molecular weight excluding hydrogens is 336 g/mol. The Labute approximate surface area is 143 Å². The van der Waals surface area contributed by atoms with Gasteiger partial charge in [0.05, 0.1) is 22.4 Å². The van der Waals surface area contributed by atoms with Crippen LogP contribution in [0, 0.1) is 5.92 Å². The molecule has 0 spiro atoms. The van der Waals surface area contributed by atoms with Crippen molar-refractivity contribution in [1.82, 2.24) is 0 Å². The van der Waals surface area contributed by atoms with Crippen molar-refractivity contribution in [3.8, 4) is 0 Å². The second kappa shape index (κ2) is 7.67. The molecule has 1 aromatic rings. The Morgan fingerprint density at radius 1 is 1.35 bits per heavy atom. The molecule has 4 nitrogen and oxygen atoms in total. The first kappa shape index (κ1) is 18.3. The summed E-state index contributed by atoms with van der Waals surface area (Å²) in [7, 11) is -3.38. The van der Waals surface area contributed by atoms with Gasteiger partial charge in [0, 0.05) is 6.26 Å².